The number of pyridine rings is 1. The summed E-state index contributed by atoms with van der Waals surface area (Å²) in [5.41, 5.74) is -1.77. The summed E-state index contributed by atoms with van der Waals surface area (Å²) in [5.74, 6) is -0.513. The number of nitrogens with zero attached hydrogens (tertiary/aromatic N) is 1. The van der Waals surface area contributed by atoms with Crippen molar-refractivity contribution < 1.29 is 15.8 Å². The number of aromatic nitrogens is 1. The van der Waals surface area contributed by atoms with Crippen LogP contribution in [0.4, 0.5) is 4.39 Å². The first kappa shape index (κ1) is 22.1. The van der Waals surface area contributed by atoms with E-state index < -0.39 is 47.4 Å². The van der Waals surface area contributed by atoms with Gasteiger partial charge in [0.2, 0.25) is 0 Å². The summed E-state index contributed by atoms with van der Waals surface area (Å²) < 4.78 is 54.8. The van der Waals surface area contributed by atoms with Crippen LogP contribution in [-0.2, 0) is 21.0 Å². The molecule has 0 aromatic carbocycles. The number of rotatable bonds is 6. The molecule has 1 aromatic heterocycles. The van der Waals surface area contributed by atoms with Crippen LogP contribution in [0.5, 0.6) is 0 Å². The van der Waals surface area contributed by atoms with Crippen molar-refractivity contribution in [3.05, 3.63) is 28.2 Å². The third-order valence-corrected chi connectivity index (χ3v) is 12.2. The second kappa shape index (κ2) is 8.08. The van der Waals surface area contributed by atoms with E-state index in [0.717, 1.165) is 0 Å². The number of hydrogen-bond acceptors (Lipinski definition) is 3. The van der Waals surface area contributed by atoms with Crippen LogP contribution in [-0.4, -0.2) is 28.8 Å². The quantitative estimate of drug-likeness (QED) is 0.475. The molecule has 166 valence electrons. The van der Waals surface area contributed by atoms with E-state index in [1.165, 1.54) is 12.3 Å². The molecule has 1 aliphatic rings. The highest BCUT2D eigenvalue weighted by Crippen LogP contribution is 2.55. The Hall–Kier alpha value is -0.153. The third kappa shape index (κ3) is 5.56. The second-order valence-corrected chi connectivity index (χ2v) is 18.5. The molecular formula is C21H36BrFN2O2SSi. The first-order valence-corrected chi connectivity index (χ1v) is 14.7. The minimum atomic E-state index is -2.39. The SMILES string of the molecule is [2H]C([2H])(O[Si](C)(C)C(C)(C)C)C1(C)CC(N[S@](=O)C(C)(C)C)(c2ncc(Br)cc2F)C1. The van der Waals surface area contributed by atoms with Crippen molar-refractivity contribution in [3.8, 4) is 0 Å². The molecule has 1 saturated carbocycles. The van der Waals surface area contributed by atoms with Crippen LogP contribution in [0.15, 0.2) is 16.7 Å². The zero-order chi connectivity index (χ0) is 24.3. The fraction of sp³-hybridized carbons (Fsp3) is 0.762. The van der Waals surface area contributed by atoms with Crippen LogP contribution in [0.2, 0.25) is 18.1 Å². The molecule has 2 rings (SSSR count). The Kier molecular flexibility index (Phi) is 6.14. The van der Waals surface area contributed by atoms with Crippen molar-refractivity contribution in [2.24, 2.45) is 5.41 Å². The highest BCUT2D eigenvalue weighted by atomic mass is 79.9. The minimum Gasteiger partial charge on any atom is -0.416 e. The van der Waals surface area contributed by atoms with Gasteiger partial charge in [0.05, 0.1) is 29.7 Å². The third-order valence-electron chi connectivity index (χ3n) is 5.85. The molecule has 0 spiro atoms. The maximum Gasteiger partial charge on any atom is 0.192 e. The van der Waals surface area contributed by atoms with Gasteiger partial charge in [-0.15, -0.1) is 0 Å². The van der Waals surface area contributed by atoms with Gasteiger partial charge in [0.25, 0.3) is 0 Å². The van der Waals surface area contributed by atoms with Crippen LogP contribution in [0, 0.1) is 11.2 Å². The van der Waals surface area contributed by atoms with E-state index in [9.17, 15) is 8.60 Å². The zero-order valence-electron chi connectivity index (χ0n) is 21.0. The Bertz CT molecular complexity index is 866. The van der Waals surface area contributed by atoms with Crippen LogP contribution < -0.4 is 4.72 Å². The van der Waals surface area contributed by atoms with Crippen molar-refractivity contribution in [3.63, 3.8) is 0 Å². The van der Waals surface area contributed by atoms with Gasteiger partial charge in [-0.05, 0) is 79.2 Å². The predicted molar refractivity (Wildman–Crippen MR) is 125 cm³/mol. The molecule has 1 aromatic rings. The Balaban J connectivity index is 2.43. The molecule has 1 aliphatic carbocycles. The van der Waals surface area contributed by atoms with Gasteiger partial charge < -0.3 is 4.43 Å². The van der Waals surface area contributed by atoms with Crippen LogP contribution in [0.25, 0.3) is 0 Å². The Morgan fingerprint density at radius 2 is 1.90 bits per heavy atom. The van der Waals surface area contributed by atoms with E-state index in [1.54, 1.807) is 0 Å². The number of hydrogen-bond donors (Lipinski definition) is 1. The summed E-state index contributed by atoms with van der Waals surface area (Å²) in [7, 11) is -3.88. The summed E-state index contributed by atoms with van der Waals surface area (Å²) in [6.07, 6.45) is 1.95. The fourth-order valence-corrected chi connectivity index (χ4v) is 5.15. The van der Waals surface area contributed by atoms with Crippen molar-refractivity contribution in [2.75, 3.05) is 6.56 Å². The lowest BCUT2D eigenvalue weighted by molar-refractivity contribution is -0.0186. The van der Waals surface area contributed by atoms with Gasteiger partial charge >= 0.3 is 0 Å². The number of nitrogens with one attached hydrogen (secondary N) is 1. The number of halogens is 2. The second-order valence-electron chi connectivity index (χ2n) is 10.9. The van der Waals surface area contributed by atoms with E-state index in [1.807, 2.05) is 40.8 Å². The Labute approximate surface area is 190 Å². The fourth-order valence-electron chi connectivity index (χ4n) is 3.14. The molecule has 1 N–H and O–H groups in total. The predicted octanol–water partition coefficient (Wildman–Crippen LogP) is 6.05. The first-order valence-electron chi connectivity index (χ1n) is 10.9. The van der Waals surface area contributed by atoms with Gasteiger partial charge in [0.15, 0.2) is 8.32 Å². The van der Waals surface area contributed by atoms with Crippen LogP contribution >= 0.6 is 15.9 Å². The summed E-state index contributed by atoms with van der Waals surface area (Å²) in [5, 5.41) is -0.150. The van der Waals surface area contributed by atoms with Gasteiger partial charge in [0.1, 0.15) is 5.82 Å². The summed E-state index contributed by atoms with van der Waals surface area (Å²) in [6, 6.07) is 1.34. The standard InChI is InChI=1S/C21H36BrFN2O2SSi/c1-18(2,3)28(26)25-21(17-16(23)10-15(22)11-24-17)12-20(7,13-21)14-27-29(8,9)19(4,5)6/h10-11,25H,12-14H2,1-9H3/t20?,21?,28-/m1/s1/i14D2. The molecule has 0 radical (unpaired) electrons. The van der Waals surface area contributed by atoms with Crippen molar-refractivity contribution in [2.45, 2.75) is 89.7 Å². The highest BCUT2D eigenvalue weighted by Gasteiger charge is 2.57. The van der Waals surface area contributed by atoms with Crippen molar-refractivity contribution >= 4 is 35.2 Å². The highest BCUT2D eigenvalue weighted by molar-refractivity contribution is 9.10. The van der Waals surface area contributed by atoms with E-state index in [4.69, 9.17) is 7.17 Å². The molecule has 0 bridgehead atoms. The van der Waals surface area contributed by atoms with Gasteiger partial charge in [0, 0.05) is 17.2 Å². The molecule has 1 heterocycles. The zero-order valence-corrected chi connectivity index (χ0v) is 22.4. The normalized spacial score (nSPS) is 28.4. The van der Waals surface area contributed by atoms with Gasteiger partial charge in [-0.25, -0.2) is 13.3 Å². The largest absolute Gasteiger partial charge is 0.416 e. The summed E-state index contributed by atoms with van der Waals surface area (Å²) >= 11 is 3.23. The molecule has 0 unspecified atom stereocenters. The summed E-state index contributed by atoms with van der Waals surface area (Å²) in [6.45, 7) is 15.7. The van der Waals surface area contributed by atoms with Gasteiger partial charge in [-0.1, -0.05) is 27.7 Å². The van der Waals surface area contributed by atoms with Crippen LogP contribution in [0.1, 0.15) is 69.7 Å². The van der Waals surface area contributed by atoms with E-state index >= 15 is 0 Å². The lowest BCUT2D eigenvalue weighted by atomic mass is 9.57. The molecule has 0 amide bonds. The minimum absolute atomic E-state index is 0.150. The molecule has 8 heteroatoms. The molecule has 4 nitrogen and oxygen atoms in total. The molecule has 1 atom stereocenters. The molecule has 0 saturated heterocycles. The Morgan fingerprint density at radius 3 is 2.34 bits per heavy atom. The van der Waals surface area contributed by atoms with E-state index in [2.05, 4.69) is 46.4 Å². The Morgan fingerprint density at radius 1 is 1.34 bits per heavy atom. The first-order chi connectivity index (χ1) is 13.7. The van der Waals surface area contributed by atoms with Gasteiger partial charge in [-0.2, -0.15) is 0 Å². The topological polar surface area (TPSA) is 51.2 Å². The molecule has 1 fully saturated rings. The lowest BCUT2D eigenvalue weighted by Crippen LogP contribution is -2.62. The molecule has 0 aliphatic heterocycles. The van der Waals surface area contributed by atoms with Crippen LogP contribution in [0.3, 0.4) is 0 Å². The maximum absolute atomic E-state index is 14.9. The molecule has 29 heavy (non-hydrogen) atoms. The average Bonchev–Trinajstić information content (AvgIpc) is 2.49. The van der Waals surface area contributed by atoms with E-state index in [-0.39, 0.29) is 23.6 Å². The molecular weight excluding hydrogens is 471 g/mol. The van der Waals surface area contributed by atoms with Gasteiger partial charge in [-0.3, -0.25) is 4.98 Å². The summed E-state index contributed by atoms with van der Waals surface area (Å²) in [4.78, 5) is 4.30. The smallest absolute Gasteiger partial charge is 0.192 e. The van der Waals surface area contributed by atoms with Crippen molar-refractivity contribution in [1.82, 2.24) is 9.71 Å². The van der Waals surface area contributed by atoms with E-state index in [0.29, 0.717) is 4.47 Å². The average molecular weight is 510 g/mol. The maximum atomic E-state index is 14.9. The lowest BCUT2D eigenvalue weighted by Gasteiger charge is -2.55. The van der Waals surface area contributed by atoms with Crippen molar-refractivity contribution in [1.29, 1.82) is 0 Å². The monoisotopic (exact) mass is 508 g/mol.